The van der Waals surface area contributed by atoms with Crippen LogP contribution < -0.4 is 11.1 Å². The predicted octanol–water partition coefficient (Wildman–Crippen LogP) is 3.71. The molecule has 1 aliphatic rings. The Hall–Kier alpha value is -1.18. The maximum absolute atomic E-state index is 5.84. The largest absolute Gasteiger partial charge is 0.399 e. The summed E-state index contributed by atoms with van der Waals surface area (Å²) in [7, 11) is 0. The minimum Gasteiger partial charge on any atom is -0.399 e. The lowest BCUT2D eigenvalue weighted by molar-refractivity contribution is 0.349. The molecule has 1 aromatic carbocycles. The first-order valence-corrected chi connectivity index (χ1v) is 6.23. The second-order valence-corrected chi connectivity index (χ2v) is 5.32. The van der Waals surface area contributed by atoms with Crippen molar-refractivity contribution in [3.63, 3.8) is 0 Å². The predicted molar refractivity (Wildman–Crippen MR) is 70.7 cm³/mol. The van der Waals surface area contributed by atoms with Crippen LogP contribution in [0, 0.1) is 6.92 Å². The number of aryl methyl sites for hydroxylation is 1. The van der Waals surface area contributed by atoms with Crippen LogP contribution in [0.4, 0.5) is 11.4 Å². The molecule has 2 nitrogen and oxygen atoms in total. The number of hydrogen-bond donors (Lipinski definition) is 2. The van der Waals surface area contributed by atoms with Crippen molar-refractivity contribution < 1.29 is 0 Å². The van der Waals surface area contributed by atoms with Crippen molar-refractivity contribution in [2.45, 2.75) is 51.5 Å². The molecular formula is C14H22N2. The molecule has 3 N–H and O–H groups in total. The Labute approximate surface area is 98.2 Å². The summed E-state index contributed by atoms with van der Waals surface area (Å²) >= 11 is 0. The Morgan fingerprint density at radius 3 is 2.56 bits per heavy atom. The molecule has 0 saturated heterocycles. The molecule has 0 unspecified atom stereocenters. The third kappa shape index (κ3) is 2.49. The van der Waals surface area contributed by atoms with Crippen molar-refractivity contribution >= 4 is 11.4 Å². The molecule has 0 radical (unpaired) electrons. The van der Waals surface area contributed by atoms with Gasteiger partial charge in [-0.1, -0.05) is 25.3 Å². The second-order valence-electron chi connectivity index (χ2n) is 5.32. The number of nitrogens with two attached hydrogens (primary N) is 1. The SMILES string of the molecule is Cc1ccc(N)cc1NC1(C)CCCCC1. The molecule has 0 aliphatic heterocycles. The Morgan fingerprint density at radius 1 is 1.19 bits per heavy atom. The summed E-state index contributed by atoms with van der Waals surface area (Å²) in [4.78, 5) is 0. The van der Waals surface area contributed by atoms with Crippen LogP contribution in [0.5, 0.6) is 0 Å². The fourth-order valence-electron chi connectivity index (χ4n) is 2.56. The summed E-state index contributed by atoms with van der Waals surface area (Å²) in [6, 6.07) is 6.10. The van der Waals surface area contributed by atoms with E-state index in [1.54, 1.807) is 0 Å². The first-order valence-electron chi connectivity index (χ1n) is 6.23. The molecule has 16 heavy (non-hydrogen) atoms. The van der Waals surface area contributed by atoms with Crippen LogP contribution in [0.3, 0.4) is 0 Å². The standard InChI is InChI=1S/C14H22N2/c1-11-6-7-12(15)10-13(11)16-14(2)8-4-3-5-9-14/h6-7,10,16H,3-5,8-9,15H2,1-2H3. The van der Waals surface area contributed by atoms with Gasteiger partial charge in [0.25, 0.3) is 0 Å². The molecule has 0 bridgehead atoms. The minimum absolute atomic E-state index is 0.261. The van der Waals surface area contributed by atoms with E-state index in [9.17, 15) is 0 Å². The Balaban J connectivity index is 2.15. The van der Waals surface area contributed by atoms with Gasteiger partial charge in [0.1, 0.15) is 0 Å². The van der Waals surface area contributed by atoms with Crippen LogP contribution in [0.1, 0.15) is 44.6 Å². The van der Waals surface area contributed by atoms with E-state index >= 15 is 0 Å². The molecule has 0 atom stereocenters. The molecule has 2 heteroatoms. The highest BCUT2D eigenvalue weighted by Crippen LogP contribution is 2.32. The van der Waals surface area contributed by atoms with Gasteiger partial charge in [-0.2, -0.15) is 0 Å². The summed E-state index contributed by atoms with van der Waals surface area (Å²) in [5, 5.41) is 3.69. The molecule has 0 spiro atoms. The van der Waals surface area contributed by atoms with E-state index in [2.05, 4.69) is 31.3 Å². The van der Waals surface area contributed by atoms with Crippen molar-refractivity contribution in [2.75, 3.05) is 11.1 Å². The van der Waals surface area contributed by atoms with Crippen molar-refractivity contribution in [3.05, 3.63) is 23.8 Å². The van der Waals surface area contributed by atoms with Crippen LogP contribution >= 0.6 is 0 Å². The van der Waals surface area contributed by atoms with Crippen LogP contribution in [-0.2, 0) is 0 Å². The third-order valence-electron chi connectivity index (χ3n) is 3.66. The molecule has 88 valence electrons. The van der Waals surface area contributed by atoms with Gasteiger partial charge in [0.2, 0.25) is 0 Å². The number of nitrogen functional groups attached to an aromatic ring is 1. The average Bonchev–Trinajstić information content (AvgIpc) is 2.24. The van der Waals surface area contributed by atoms with Crippen LogP contribution in [-0.4, -0.2) is 5.54 Å². The number of anilines is 2. The molecule has 0 heterocycles. The topological polar surface area (TPSA) is 38.0 Å². The van der Waals surface area contributed by atoms with Gasteiger partial charge in [-0.15, -0.1) is 0 Å². The fourth-order valence-corrected chi connectivity index (χ4v) is 2.56. The molecule has 0 amide bonds. The number of rotatable bonds is 2. The van der Waals surface area contributed by atoms with Gasteiger partial charge in [0.15, 0.2) is 0 Å². The average molecular weight is 218 g/mol. The fraction of sp³-hybridized carbons (Fsp3) is 0.571. The zero-order chi connectivity index (χ0) is 11.6. The van der Waals surface area contributed by atoms with Gasteiger partial charge in [0, 0.05) is 16.9 Å². The molecule has 1 aromatic rings. The minimum atomic E-state index is 0.261. The maximum atomic E-state index is 5.84. The summed E-state index contributed by atoms with van der Waals surface area (Å²) in [5.41, 5.74) is 9.41. The molecule has 2 rings (SSSR count). The molecule has 1 aliphatic carbocycles. The summed E-state index contributed by atoms with van der Waals surface area (Å²) in [5.74, 6) is 0. The van der Waals surface area contributed by atoms with Crippen LogP contribution in [0.15, 0.2) is 18.2 Å². The quantitative estimate of drug-likeness (QED) is 0.743. The monoisotopic (exact) mass is 218 g/mol. The molecule has 1 saturated carbocycles. The van der Waals surface area contributed by atoms with Crippen molar-refractivity contribution in [3.8, 4) is 0 Å². The van der Waals surface area contributed by atoms with Gasteiger partial charge in [-0.05, 0) is 44.4 Å². The lowest BCUT2D eigenvalue weighted by Gasteiger charge is -2.36. The van der Waals surface area contributed by atoms with Gasteiger partial charge in [-0.3, -0.25) is 0 Å². The lowest BCUT2D eigenvalue weighted by atomic mass is 9.83. The Kier molecular flexibility index (Phi) is 3.08. The van der Waals surface area contributed by atoms with Crippen molar-refractivity contribution in [1.29, 1.82) is 0 Å². The van der Waals surface area contributed by atoms with E-state index in [1.165, 1.54) is 43.4 Å². The van der Waals surface area contributed by atoms with Gasteiger partial charge in [0.05, 0.1) is 0 Å². The highest BCUT2D eigenvalue weighted by Gasteiger charge is 2.26. The molecular weight excluding hydrogens is 196 g/mol. The summed E-state index contributed by atoms with van der Waals surface area (Å²) in [6.45, 7) is 4.46. The van der Waals surface area contributed by atoms with Gasteiger partial charge in [-0.25, -0.2) is 0 Å². The van der Waals surface area contributed by atoms with Crippen molar-refractivity contribution in [2.24, 2.45) is 0 Å². The van der Waals surface area contributed by atoms with E-state index in [1.807, 2.05) is 6.07 Å². The number of hydrogen-bond acceptors (Lipinski definition) is 2. The van der Waals surface area contributed by atoms with Crippen molar-refractivity contribution in [1.82, 2.24) is 0 Å². The van der Waals surface area contributed by atoms with E-state index in [0.717, 1.165) is 5.69 Å². The second kappa shape index (κ2) is 4.36. The Morgan fingerprint density at radius 2 is 1.88 bits per heavy atom. The van der Waals surface area contributed by atoms with E-state index in [4.69, 9.17) is 5.73 Å². The number of benzene rings is 1. The van der Waals surface area contributed by atoms with Gasteiger partial charge < -0.3 is 11.1 Å². The highest BCUT2D eigenvalue weighted by molar-refractivity contribution is 5.60. The zero-order valence-electron chi connectivity index (χ0n) is 10.3. The zero-order valence-corrected chi connectivity index (χ0v) is 10.3. The maximum Gasteiger partial charge on any atom is 0.0394 e. The molecule has 0 aromatic heterocycles. The van der Waals surface area contributed by atoms with E-state index < -0.39 is 0 Å². The lowest BCUT2D eigenvalue weighted by Crippen LogP contribution is -2.37. The Bertz CT molecular complexity index is 365. The normalized spacial score (nSPS) is 19.4. The van der Waals surface area contributed by atoms with Crippen LogP contribution in [0.25, 0.3) is 0 Å². The third-order valence-corrected chi connectivity index (χ3v) is 3.66. The summed E-state index contributed by atoms with van der Waals surface area (Å²) < 4.78 is 0. The van der Waals surface area contributed by atoms with E-state index in [0.29, 0.717) is 0 Å². The first kappa shape index (κ1) is 11.3. The van der Waals surface area contributed by atoms with Gasteiger partial charge >= 0.3 is 0 Å². The number of nitrogens with one attached hydrogen (secondary N) is 1. The molecule has 1 fully saturated rings. The highest BCUT2D eigenvalue weighted by atomic mass is 15.0. The first-order chi connectivity index (χ1) is 7.59. The summed E-state index contributed by atoms with van der Waals surface area (Å²) in [6.07, 6.45) is 6.59. The smallest absolute Gasteiger partial charge is 0.0394 e. The van der Waals surface area contributed by atoms with E-state index in [-0.39, 0.29) is 5.54 Å². The van der Waals surface area contributed by atoms with Crippen LogP contribution in [0.2, 0.25) is 0 Å².